The summed E-state index contributed by atoms with van der Waals surface area (Å²) in [5, 5.41) is 14.2. The first-order valence-corrected chi connectivity index (χ1v) is 8.51. The van der Waals surface area contributed by atoms with Gasteiger partial charge < -0.3 is 5.32 Å². The van der Waals surface area contributed by atoms with Gasteiger partial charge >= 0.3 is 6.18 Å². The van der Waals surface area contributed by atoms with Crippen LogP contribution in [0.15, 0.2) is 18.2 Å². The topological polar surface area (TPSA) is 55.2 Å². The van der Waals surface area contributed by atoms with Crippen molar-refractivity contribution >= 4 is 23.1 Å². The number of hydrogen-bond donors (Lipinski definition) is 1. The van der Waals surface area contributed by atoms with Crippen molar-refractivity contribution in [2.75, 3.05) is 11.2 Å². The molecule has 1 aromatic rings. The molecular formula is C15H21F3N2O2S. The van der Waals surface area contributed by atoms with Crippen molar-refractivity contribution in [3.63, 3.8) is 0 Å². The lowest BCUT2D eigenvalue weighted by Gasteiger charge is -2.13. The Labute approximate surface area is 138 Å². The van der Waals surface area contributed by atoms with Gasteiger partial charge in [-0.1, -0.05) is 33.1 Å². The number of halogens is 3. The summed E-state index contributed by atoms with van der Waals surface area (Å²) in [7, 11) is 0. The van der Waals surface area contributed by atoms with E-state index in [4.69, 9.17) is 0 Å². The minimum atomic E-state index is -4.59. The van der Waals surface area contributed by atoms with Crippen molar-refractivity contribution in [2.45, 2.75) is 51.0 Å². The molecule has 0 unspecified atom stereocenters. The molecule has 0 radical (unpaired) electrons. The third kappa shape index (κ3) is 6.68. The van der Waals surface area contributed by atoms with Crippen molar-refractivity contribution in [2.24, 2.45) is 0 Å². The molecular weight excluding hydrogens is 329 g/mol. The molecule has 8 heteroatoms. The lowest BCUT2D eigenvalue weighted by atomic mass is 10.1. The summed E-state index contributed by atoms with van der Waals surface area (Å²) in [4.78, 5) is 10.2. The second-order valence-corrected chi connectivity index (χ2v) is 6.71. The van der Waals surface area contributed by atoms with Crippen LogP contribution in [-0.2, 0) is 6.18 Å². The van der Waals surface area contributed by atoms with Gasteiger partial charge in [-0.25, -0.2) is 0 Å². The van der Waals surface area contributed by atoms with Crippen molar-refractivity contribution in [3.8, 4) is 0 Å². The number of unbranched alkanes of at least 4 members (excludes halogenated alkanes) is 2. The molecule has 4 nitrogen and oxygen atoms in total. The largest absolute Gasteiger partial charge is 0.416 e. The van der Waals surface area contributed by atoms with Gasteiger partial charge in [0.25, 0.3) is 5.69 Å². The Kier molecular flexibility index (Phi) is 7.67. The number of benzene rings is 1. The minimum absolute atomic E-state index is 0.108. The van der Waals surface area contributed by atoms with E-state index in [1.54, 1.807) is 11.8 Å². The number of nitro groups is 1. The number of thioether (sulfide) groups is 1. The highest BCUT2D eigenvalue weighted by Gasteiger charge is 2.33. The van der Waals surface area contributed by atoms with E-state index in [-0.39, 0.29) is 5.69 Å². The fraction of sp³-hybridized carbons (Fsp3) is 0.600. The molecule has 0 saturated heterocycles. The Morgan fingerprint density at radius 1 is 1.35 bits per heavy atom. The molecule has 0 aliphatic carbocycles. The van der Waals surface area contributed by atoms with Crippen LogP contribution in [0.25, 0.3) is 0 Å². The van der Waals surface area contributed by atoms with Gasteiger partial charge in [-0.3, -0.25) is 10.1 Å². The minimum Gasteiger partial charge on any atom is -0.370 e. The zero-order chi connectivity index (χ0) is 17.5. The van der Waals surface area contributed by atoms with E-state index in [1.807, 2.05) is 0 Å². The highest BCUT2D eigenvalue weighted by Crippen LogP contribution is 2.35. The van der Waals surface area contributed by atoms with Crippen LogP contribution in [0, 0.1) is 10.1 Å². The summed E-state index contributed by atoms with van der Waals surface area (Å²) in [6, 6.07) is 2.53. The van der Waals surface area contributed by atoms with Gasteiger partial charge in [-0.2, -0.15) is 13.2 Å². The summed E-state index contributed by atoms with van der Waals surface area (Å²) in [6.45, 7) is 4.20. The molecule has 0 spiro atoms. The molecule has 0 amide bonds. The van der Waals surface area contributed by atoms with Crippen molar-refractivity contribution in [1.29, 1.82) is 0 Å². The van der Waals surface area contributed by atoms with E-state index >= 15 is 0 Å². The summed E-state index contributed by atoms with van der Waals surface area (Å²) < 4.78 is 37.9. The lowest BCUT2D eigenvalue weighted by molar-refractivity contribution is -0.384. The van der Waals surface area contributed by atoms with Crippen LogP contribution in [0.1, 0.15) is 45.1 Å². The number of rotatable bonds is 9. The molecule has 0 bridgehead atoms. The fourth-order valence-electron chi connectivity index (χ4n) is 2.04. The number of nitro benzene ring substituents is 1. The van der Waals surface area contributed by atoms with Gasteiger partial charge in [0, 0.05) is 11.3 Å². The van der Waals surface area contributed by atoms with E-state index in [2.05, 4.69) is 19.2 Å². The molecule has 1 aromatic carbocycles. The molecule has 1 N–H and O–H groups in total. The smallest absolute Gasteiger partial charge is 0.370 e. The van der Waals surface area contributed by atoms with E-state index in [9.17, 15) is 23.3 Å². The number of hydrogen-bond acceptors (Lipinski definition) is 4. The Balaban J connectivity index is 2.64. The maximum atomic E-state index is 12.6. The average molecular weight is 350 g/mol. The predicted molar refractivity (Wildman–Crippen MR) is 87.8 cm³/mol. The van der Waals surface area contributed by atoms with Crippen LogP contribution < -0.4 is 5.32 Å². The van der Waals surface area contributed by atoms with Crippen LogP contribution in [-0.4, -0.2) is 16.1 Å². The highest BCUT2D eigenvalue weighted by atomic mass is 32.2. The van der Waals surface area contributed by atoms with Crippen molar-refractivity contribution in [1.82, 2.24) is 0 Å². The monoisotopic (exact) mass is 350 g/mol. The zero-order valence-electron chi connectivity index (χ0n) is 13.2. The maximum Gasteiger partial charge on any atom is 0.416 e. The molecule has 0 heterocycles. The first-order chi connectivity index (χ1) is 10.8. The summed E-state index contributed by atoms with van der Waals surface area (Å²) in [5.74, 6) is 0.416. The molecule has 0 aliphatic rings. The quantitative estimate of drug-likeness (QED) is 0.269. The van der Waals surface area contributed by atoms with Gasteiger partial charge in [0.2, 0.25) is 0 Å². The SMILES string of the molecule is CCCCC[C@@H](C)SCNc1ccc(C(F)(F)F)cc1[N+](=O)[O-]. The third-order valence-electron chi connectivity index (χ3n) is 3.37. The molecule has 1 atom stereocenters. The van der Waals surface area contributed by atoms with Crippen LogP contribution in [0.4, 0.5) is 24.5 Å². The summed E-state index contributed by atoms with van der Waals surface area (Å²) in [5.41, 5.74) is -1.47. The van der Waals surface area contributed by atoms with Gasteiger partial charge in [0.1, 0.15) is 5.69 Å². The third-order valence-corrected chi connectivity index (χ3v) is 4.48. The Bertz CT molecular complexity index is 524. The molecule has 0 saturated carbocycles. The molecule has 0 aliphatic heterocycles. The fourth-order valence-corrected chi connectivity index (χ4v) is 2.89. The molecule has 0 aromatic heterocycles. The highest BCUT2D eigenvalue weighted by molar-refractivity contribution is 7.99. The molecule has 1 rings (SSSR count). The number of nitrogens with one attached hydrogen (secondary N) is 1. The first-order valence-electron chi connectivity index (χ1n) is 7.46. The van der Waals surface area contributed by atoms with Crippen molar-refractivity contribution < 1.29 is 18.1 Å². The molecule has 0 fully saturated rings. The Morgan fingerprint density at radius 2 is 2.04 bits per heavy atom. The Hall–Kier alpha value is -1.44. The summed E-state index contributed by atoms with van der Waals surface area (Å²) >= 11 is 1.60. The van der Waals surface area contributed by atoms with E-state index in [0.29, 0.717) is 17.2 Å². The van der Waals surface area contributed by atoms with Gasteiger partial charge in [-0.05, 0) is 18.6 Å². The van der Waals surface area contributed by atoms with Crippen LogP contribution in [0.3, 0.4) is 0 Å². The lowest BCUT2D eigenvalue weighted by Crippen LogP contribution is -2.09. The second-order valence-electron chi connectivity index (χ2n) is 5.28. The molecule has 130 valence electrons. The number of nitrogens with zero attached hydrogens (tertiary/aromatic N) is 1. The van der Waals surface area contributed by atoms with Crippen LogP contribution >= 0.6 is 11.8 Å². The van der Waals surface area contributed by atoms with E-state index in [1.165, 1.54) is 6.42 Å². The second kappa shape index (κ2) is 9.00. The van der Waals surface area contributed by atoms with Crippen molar-refractivity contribution in [3.05, 3.63) is 33.9 Å². The number of anilines is 1. The standard InChI is InChI=1S/C15H21F3N2O2S/c1-3-4-5-6-11(2)23-10-19-13-8-7-12(15(16,17)18)9-14(13)20(21)22/h7-9,11,19H,3-6,10H2,1-2H3/t11-/m1/s1. The molecule has 23 heavy (non-hydrogen) atoms. The van der Waals surface area contributed by atoms with E-state index < -0.39 is 22.4 Å². The van der Waals surface area contributed by atoms with Gasteiger partial charge in [0.15, 0.2) is 0 Å². The average Bonchev–Trinajstić information content (AvgIpc) is 2.46. The van der Waals surface area contributed by atoms with E-state index in [0.717, 1.165) is 31.4 Å². The van der Waals surface area contributed by atoms with Gasteiger partial charge in [0.05, 0.1) is 16.4 Å². The maximum absolute atomic E-state index is 12.6. The van der Waals surface area contributed by atoms with Gasteiger partial charge in [-0.15, -0.1) is 11.8 Å². The number of alkyl halides is 3. The normalized spacial score (nSPS) is 12.9. The zero-order valence-corrected chi connectivity index (χ0v) is 14.0. The van der Waals surface area contributed by atoms with Crippen LogP contribution in [0.2, 0.25) is 0 Å². The summed E-state index contributed by atoms with van der Waals surface area (Å²) in [6.07, 6.45) is -0.0949. The van der Waals surface area contributed by atoms with Crippen LogP contribution in [0.5, 0.6) is 0 Å². The predicted octanol–water partition coefficient (Wildman–Crippen LogP) is 5.69. The Morgan fingerprint density at radius 3 is 2.61 bits per heavy atom. The first kappa shape index (κ1) is 19.6.